The molecule has 0 aromatic heterocycles. The van der Waals surface area contributed by atoms with Gasteiger partial charge < -0.3 is 0 Å². The summed E-state index contributed by atoms with van der Waals surface area (Å²) in [7, 11) is 0. The van der Waals surface area contributed by atoms with Gasteiger partial charge in [-0.15, -0.1) is 0 Å². The molecule has 1 aliphatic carbocycles. The molecule has 0 amide bonds. The van der Waals surface area contributed by atoms with E-state index >= 15 is 0 Å². The molecule has 1 nitrogen and oxygen atoms in total. The Morgan fingerprint density at radius 1 is 1.45 bits per heavy atom. The lowest BCUT2D eigenvalue weighted by molar-refractivity contribution is -0.114. The number of hydrogen-bond donors (Lipinski definition) is 0. The van der Waals surface area contributed by atoms with Crippen LogP contribution in [-0.2, 0) is 4.79 Å². The van der Waals surface area contributed by atoms with E-state index in [1.54, 1.807) is 0 Å². The van der Waals surface area contributed by atoms with Crippen LogP contribution in [0.3, 0.4) is 0 Å². The highest BCUT2D eigenvalue weighted by molar-refractivity contribution is 5.97. The molecule has 1 fully saturated rings. The van der Waals surface area contributed by atoms with Crippen molar-refractivity contribution in [3.05, 3.63) is 11.6 Å². The Morgan fingerprint density at radius 3 is 2.64 bits per heavy atom. The lowest BCUT2D eigenvalue weighted by Crippen LogP contribution is -1.92. The van der Waals surface area contributed by atoms with Gasteiger partial charge in [-0.05, 0) is 30.8 Å². The standard InChI is InChI=1S/C10H16O/c1-8(2)6-7-9-4-3-5-10(9)11/h7-8H,3-6H2,1-2H3/b9-7-. The van der Waals surface area contributed by atoms with Gasteiger partial charge >= 0.3 is 0 Å². The van der Waals surface area contributed by atoms with Crippen molar-refractivity contribution in [2.75, 3.05) is 0 Å². The number of allylic oxidation sites excluding steroid dienone is 2. The van der Waals surface area contributed by atoms with Crippen LogP contribution >= 0.6 is 0 Å². The van der Waals surface area contributed by atoms with Crippen molar-refractivity contribution in [1.29, 1.82) is 0 Å². The maximum Gasteiger partial charge on any atom is 0.158 e. The van der Waals surface area contributed by atoms with E-state index in [1.807, 2.05) is 0 Å². The zero-order valence-electron chi connectivity index (χ0n) is 7.39. The minimum atomic E-state index is 0.380. The quantitative estimate of drug-likeness (QED) is 0.556. The molecule has 0 bridgehead atoms. The zero-order chi connectivity index (χ0) is 8.27. The van der Waals surface area contributed by atoms with Crippen LogP contribution in [0.2, 0.25) is 0 Å². The van der Waals surface area contributed by atoms with E-state index in [-0.39, 0.29) is 0 Å². The predicted octanol–water partition coefficient (Wildman–Crippen LogP) is 2.71. The first-order valence-electron chi connectivity index (χ1n) is 4.42. The van der Waals surface area contributed by atoms with E-state index < -0.39 is 0 Å². The summed E-state index contributed by atoms with van der Waals surface area (Å²) in [6, 6.07) is 0. The number of hydrogen-bond acceptors (Lipinski definition) is 1. The minimum absolute atomic E-state index is 0.380. The van der Waals surface area contributed by atoms with Crippen molar-refractivity contribution in [2.24, 2.45) is 5.92 Å². The zero-order valence-corrected chi connectivity index (χ0v) is 7.39. The van der Waals surface area contributed by atoms with Gasteiger partial charge in [0.25, 0.3) is 0 Å². The summed E-state index contributed by atoms with van der Waals surface area (Å²) >= 11 is 0. The molecule has 0 aromatic rings. The normalized spacial score (nSPS) is 22.1. The second kappa shape index (κ2) is 3.70. The van der Waals surface area contributed by atoms with Gasteiger partial charge in [0, 0.05) is 6.42 Å². The Labute approximate surface area is 68.5 Å². The highest BCUT2D eigenvalue weighted by Gasteiger charge is 2.15. The molecule has 1 aliphatic rings. The summed E-state index contributed by atoms with van der Waals surface area (Å²) in [6.45, 7) is 4.35. The number of rotatable bonds is 2. The fraction of sp³-hybridized carbons (Fsp3) is 0.700. The van der Waals surface area contributed by atoms with Crippen molar-refractivity contribution in [1.82, 2.24) is 0 Å². The van der Waals surface area contributed by atoms with Gasteiger partial charge in [-0.25, -0.2) is 0 Å². The summed E-state index contributed by atoms with van der Waals surface area (Å²) in [6.07, 6.45) is 6.05. The smallest absolute Gasteiger partial charge is 0.158 e. The molecule has 0 unspecified atom stereocenters. The molecule has 0 heterocycles. The monoisotopic (exact) mass is 152 g/mol. The molecule has 11 heavy (non-hydrogen) atoms. The van der Waals surface area contributed by atoms with Gasteiger partial charge in [0.1, 0.15) is 0 Å². The molecule has 1 rings (SSSR count). The highest BCUT2D eigenvalue weighted by atomic mass is 16.1. The largest absolute Gasteiger partial charge is 0.295 e. The van der Waals surface area contributed by atoms with Crippen LogP contribution in [0, 0.1) is 5.92 Å². The van der Waals surface area contributed by atoms with Crippen LogP contribution < -0.4 is 0 Å². The number of Topliss-reactive ketones (excluding diaryl/α,β-unsaturated/α-hetero) is 1. The fourth-order valence-electron chi connectivity index (χ4n) is 1.33. The van der Waals surface area contributed by atoms with Crippen molar-refractivity contribution in [3.63, 3.8) is 0 Å². The molecule has 0 N–H and O–H groups in total. The van der Waals surface area contributed by atoms with Crippen molar-refractivity contribution in [2.45, 2.75) is 39.5 Å². The topological polar surface area (TPSA) is 17.1 Å². The molecule has 1 heteroatoms. The summed E-state index contributed by atoms with van der Waals surface area (Å²) in [5, 5.41) is 0. The van der Waals surface area contributed by atoms with E-state index in [0.29, 0.717) is 11.7 Å². The first kappa shape index (κ1) is 8.51. The molecular formula is C10H16O. The van der Waals surface area contributed by atoms with Crippen LogP contribution in [0.25, 0.3) is 0 Å². The Hall–Kier alpha value is -0.590. The molecule has 0 aliphatic heterocycles. The number of carbonyl (C=O) groups is 1. The van der Waals surface area contributed by atoms with Gasteiger partial charge in [0.2, 0.25) is 0 Å². The lowest BCUT2D eigenvalue weighted by Gasteiger charge is -1.98. The SMILES string of the molecule is CC(C)C/C=C1/CCCC1=O. The van der Waals surface area contributed by atoms with E-state index in [2.05, 4.69) is 19.9 Å². The second-order valence-corrected chi connectivity index (χ2v) is 3.64. The van der Waals surface area contributed by atoms with Crippen LogP contribution in [-0.4, -0.2) is 5.78 Å². The van der Waals surface area contributed by atoms with Gasteiger partial charge in [0.05, 0.1) is 0 Å². The summed E-state index contributed by atoms with van der Waals surface area (Å²) < 4.78 is 0. The average Bonchev–Trinajstić information content (AvgIpc) is 2.31. The highest BCUT2D eigenvalue weighted by Crippen LogP contribution is 2.21. The van der Waals surface area contributed by atoms with E-state index in [0.717, 1.165) is 31.3 Å². The Morgan fingerprint density at radius 2 is 2.18 bits per heavy atom. The first-order chi connectivity index (χ1) is 5.20. The number of ketones is 1. The van der Waals surface area contributed by atoms with Crippen molar-refractivity contribution < 1.29 is 4.79 Å². The Balaban J connectivity index is 2.45. The van der Waals surface area contributed by atoms with E-state index in [1.165, 1.54) is 0 Å². The molecule has 62 valence electrons. The molecular weight excluding hydrogens is 136 g/mol. The molecule has 0 aromatic carbocycles. The summed E-state index contributed by atoms with van der Waals surface area (Å²) in [5.74, 6) is 1.06. The summed E-state index contributed by atoms with van der Waals surface area (Å²) in [4.78, 5) is 11.1. The maximum absolute atomic E-state index is 11.1. The summed E-state index contributed by atoms with van der Waals surface area (Å²) in [5.41, 5.74) is 1.08. The van der Waals surface area contributed by atoms with Crippen molar-refractivity contribution >= 4 is 5.78 Å². The molecule has 1 saturated carbocycles. The van der Waals surface area contributed by atoms with Crippen LogP contribution in [0.15, 0.2) is 11.6 Å². The van der Waals surface area contributed by atoms with Crippen LogP contribution in [0.1, 0.15) is 39.5 Å². The molecule has 0 atom stereocenters. The Bertz CT molecular complexity index is 177. The molecule has 0 saturated heterocycles. The van der Waals surface area contributed by atoms with E-state index in [4.69, 9.17) is 0 Å². The van der Waals surface area contributed by atoms with E-state index in [9.17, 15) is 4.79 Å². The molecule has 0 spiro atoms. The minimum Gasteiger partial charge on any atom is -0.295 e. The maximum atomic E-state index is 11.1. The van der Waals surface area contributed by atoms with Gasteiger partial charge in [-0.2, -0.15) is 0 Å². The predicted molar refractivity (Wildman–Crippen MR) is 46.4 cm³/mol. The third-order valence-electron chi connectivity index (χ3n) is 2.04. The first-order valence-corrected chi connectivity index (χ1v) is 4.42. The number of carbonyl (C=O) groups excluding carboxylic acids is 1. The van der Waals surface area contributed by atoms with Gasteiger partial charge in [-0.1, -0.05) is 19.9 Å². The molecule has 0 radical (unpaired) electrons. The third kappa shape index (κ3) is 2.49. The lowest BCUT2D eigenvalue weighted by atomic mass is 10.1. The fourth-order valence-corrected chi connectivity index (χ4v) is 1.33. The van der Waals surface area contributed by atoms with Crippen LogP contribution in [0.4, 0.5) is 0 Å². The van der Waals surface area contributed by atoms with Gasteiger partial charge in [0.15, 0.2) is 5.78 Å². The van der Waals surface area contributed by atoms with Crippen LogP contribution in [0.5, 0.6) is 0 Å². The van der Waals surface area contributed by atoms with Gasteiger partial charge in [-0.3, -0.25) is 4.79 Å². The third-order valence-corrected chi connectivity index (χ3v) is 2.04. The Kier molecular flexibility index (Phi) is 2.86. The van der Waals surface area contributed by atoms with Crippen molar-refractivity contribution in [3.8, 4) is 0 Å². The average molecular weight is 152 g/mol. The second-order valence-electron chi connectivity index (χ2n) is 3.64.